The Labute approximate surface area is 112 Å². The van der Waals surface area contributed by atoms with E-state index in [1.807, 2.05) is 0 Å². The van der Waals surface area contributed by atoms with Gasteiger partial charge in [0.15, 0.2) is 0 Å². The number of carbonyl (C=O) groups is 2. The van der Waals surface area contributed by atoms with Crippen LogP contribution in [0.1, 0.15) is 6.92 Å². The van der Waals surface area contributed by atoms with Gasteiger partial charge in [-0.2, -0.15) is 5.26 Å². The largest absolute Gasteiger partial charge is 0.481 e. The summed E-state index contributed by atoms with van der Waals surface area (Å²) >= 11 is 0. The molecule has 1 aliphatic rings. The van der Waals surface area contributed by atoms with Crippen LogP contribution in [0.15, 0.2) is 0 Å². The van der Waals surface area contributed by atoms with Gasteiger partial charge < -0.3 is 19.6 Å². The van der Waals surface area contributed by atoms with Gasteiger partial charge in [0.2, 0.25) is 0 Å². The van der Waals surface area contributed by atoms with Crippen molar-refractivity contribution in [3.63, 3.8) is 0 Å². The fourth-order valence-electron chi connectivity index (χ4n) is 2.10. The number of hydrogen-bond donors (Lipinski definition) is 1. The Bertz CT molecular complexity index is 393. The molecule has 0 aromatic rings. The summed E-state index contributed by atoms with van der Waals surface area (Å²) in [5, 5.41) is 17.8. The highest BCUT2D eigenvalue weighted by atomic mass is 16.5. The van der Waals surface area contributed by atoms with Crippen LogP contribution in [0.2, 0.25) is 0 Å². The number of hydrogen-bond acceptors (Lipinski definition) is 4. The van der Waals surface area contributed by atoms with E-state index in [-0.39, 0.29) is 25.2 Å². The molecule has 1 saturated heterocycles. The Morgan fingerprint density at radius 1 is 1.47 bits per heavy atom. The number of ether oxygens (including phenoxy) is 1. The standard InChI is InChI=1S/C12H19N3O4/c1-8(4-13)5-14(2)12(18)15(3)10-7-19-6-9(10)11(16)17/h8-10H,5-7H2,1-3H3,(H,16,17). The molecule has 1 N–H and O–H groups in total. The lowest BCUT2D eigenvalue weighted by Crippen LogP contribution is -2.49. The van der Waals surface area contributed by atoms with Crippen LogP contribution in [0, 0.1) is 23.2 Å². The summed E-state index contributed by atoms with van der Waals surface area (Å²) in [6.45, 7) is 2.38. The molecule has 1 rings (SSSR count). The van der Waals surface area contributed by atoms with Gasteiger partial charge in [0.05, 0.1) is 31.2 Å². The Kier molecular flexibility index (Phi) is 5.12. The van der Waals surface area contributed by atoms with Gasteiger partial charge in [-0.3, -0.25) is 4.79 Å². The molecule has 1 aliphatic heterocycles. The van der Waals surface area contributed by atoms with Crippen LogP contribution >= 0.6 is 0 Å². The Morgan fingerprint density at radius 3 is 2.63 bits per heavy atom. The number of likely N-dealkylation sites (N-methyl/N-ethyl adjacent to an activating group) is 1. The van der Waals surface area contributed by atoms with E-state index < -0.39 is 17.9 Å². The van der Waals surface area contributed by atoms with Gasteiger partial charge in [-0.1, -0.05) is 0 Å². The van der Waals surface area contributed by atoms with Crippen molar-refractivity contribution in [3.8, 4) is 6.07 Å². The molecule has 0 spiro atoms. The highest BCUT2D eigenvalue weighted by Gasteiger charge is 2.39. The molecule has 2 amide bonds. The van der Waals surface area contributed by atoms with Crippen molar-refractivity contribution in [1.29, 1.82) is 5.26 Å². The molecule has 0 saturated carbocycles. The van der Waals surface area contributed by atoms with Crippen LogP contribution in [0.4, 0.5) is 4.79 Å². The molecular weight excluding hydrogens is 250 g/mol. The molecule has 0 aliphatic carbocycles. The Balaban J connectivity index is 2.66. The van der Waals surface area contributed by atoms with Gasteiger partial charge in [-0.25, -0.2) is 4.79 Å². The summed E-state index contributed by atoms with van der Waals surface area (Å²) < 4.78 is 5.14. The van der Waals surface area contributed by atoms with Gasteiger partial charge >= 0.3 is 12.0 Å². The van der Waals surface area contributed by atoms with Gasteiger partial charge in [0.25, 0.3) is 0 Å². The maximum Gasteiger partial charge on any atom is 0.319 e. The van der Waals surface area contributed by atoms with E-state index in [0.717, 1.165) is 0 Å². The van der Waals surface area contributed by atoms with Crippen molar-refractivity contribution in [2.45, 2.75) is 13.0 Å². The molecule has 0 radical (unpaired) electrons. The quantitative estimate of drug-likeness (QED) is 0.788. The van der Waals surface area contributed by atoms with Crippen LogP contribution in [0.5, 0.6) is 0 Å². The topological polar surface area (TPSA) is 93.9 Å². The predicted octanol–water partition coefficient (Wildman–Crippen LogP) is 0.229. The van der Waals surface area contributed by atoms with E-state index in [9.17, 15) is 9.59 Å². The summed E-state index contributed by atoms with van der Waals surface area (Å²) in [7, 11) is 3.16. The number of nitriles is 1. The van der Waals surface area contributed by atoms with Gasteiger partial charge in [-0.15, -0.1) is 0 Å². The smallest absolute Gasteiger partial charge is 0.319 e. The summed E-state index contributed by atoms with van der Waals surface area (Å²) in [5.41, 5.74) is 0. The fraction of sp³-hybridized carbons (Fsp3) is 0.750. The number of carboxylic acids is 1. The first-order valence-corrected chi connectivity index (χ1v) is 6.06. The summed E-state index contributed by atoms with van der Waals surface area (Å²) in [6.07, 6.45) is 0. The first-order valence-electron chi connectivity index (χ1n) is 6.06. The van der Waals surface area contributed by atoms with E-state index in [0.29, 0.717) is 6.54 Å². The van der Waals surface area contributed by atoms with Crippen molar-refractivity contribution >= 4 is 12.0 Å². The zero-order valence-electron chi connectivity index (χ0n) is 11.4. The van der Waals surface area contributed by atoms with E-state index in [1.54, 1.807) is 21.0 Å². The zero-order valence-corrected chi connectivity index (χ0v) is 11.4. The third-order valence-corrected chi connectivity index (χ3v) is 3.26. The van der Waals surface area contributed by atoms with Crippen LogP contribution in [0.25, 0.3) is 0 Å². The molecule has 0 aromatic carbocycles. The lowest BCUT2D eigenvalue weighted by atomic mass is 10.0. The predicted molar refractivity (Wildman–Crippen MR) is 66.3 cm³/mol. The number of carboxylic acid groups (broad SMARTS) is 1. The van der Waals surface area contributed by atoms with Gasteiger partial charge in [0, 0.05) is 20.6 Å². The average Bonchev–Trinajstić information content (AvgIpc) is 2.85. The first kappa shape index (κ1) is 15.2. The molecular formula is C12H19N3O4. The second kappa shape index (κ2) is 6.38. The zero-order chi connectivity index (χ0) is 14.6. The SMILES string of the molecule is CC(C#N)CN(C)C(=O)N(C)C1COCC1C(=O)O. The minimum atomic E-state index is -0.963. The van der Waals surface area contributed by atoms with Crippen molar-refractivity contribution in [2.24, 2.45) is 11.8 Å². The minimum Gasteiger partial charge on any atom is -0.481 e. The first-order chi connectivity index (χ1) is 8.88. The Morgan fingerprint density at radius 2 is 2.11 bits per heavy atom. The molecule has 0 aromatic heterocycles. The average molecular weight is 269 g/mol. The highest BCUT2D eigenvalue weighted by molar-refractivity contribution is 5.77. The summed E-state index contributed by atoms with van der Waals surface area (Å²) in [4.78, 5) is 26.0. The van der Waals surface area contributed by atoms with Crippen LogP contribution in [0.3, 0.4) is 0 Å². The lowest BCUT2D eigenvalue weighted by Gasteiger charge is -2.31. The number of amides is 2. The second-order valence-electron chi connectivity index (χ2n) is 4.85. The fourth-order valence-corrected chi connectivity index (χ4v) is 2.10. The molecule has 3 atom stereocenters. The summed E-state index contributed by atoms with van der Waals surface area (Å²) in [5.74, 6) is -1.93. The monoisotopic (exact) mass is 269 g/mol. The molecule has 106 valence electrons. The molecule has 0 bridgehead atoms. The number of aliphatic carboxylic acids is 1. The Hall–Kier alpha value is -1.81. The summed E-state index contributed by atoms with van der Waals surface area (Å²) in [6, 6.07) is 1.29. The minimum absolute atomic E-state index is 0.121. The third-order valence-electron chi connectivity index (χ3n) is 3.26. The van der Waals surface area contributed by atoms with Gasteiger partial charge in [-0.05, 0) is 6.92 Å². The lowest BCUT2D eigenvalue weighted by molar-refractivity contribution is -0.142. The maximum atomic E-state index is 12.1. The van der Waals surface area contributed by atoms with E-state index in [1.165, 1.54) is 9.80 Å². The number of urea groups is 1. The van der Waals surface area contributed by atoms with Crippen molar-refractivity contribution < 1.29 is 19.4 Å². The second-order valence-corrected chi connectivity index (χ2v) is 4.85. The van der Waals surface area contributed by atoms with Gasteiger partial charge in [0.1, 0.15) is 5.92 Å². The highest BCUT2D eigenvalue weighted by Crippen LogP contribution is 2.20. The number of nitrogens with zero attached hydrogens (tertiary/aromatic N) is 3. The van der Waals surface area contributed by atoms with Crippen LogP contribution in [-0.2, 0) is 9.53 Å². The van der Waals surface area contributed by atoms with Crippen LogP contribution in [-0.4, -0.2) is 66.8 Å². The third kappa shape index (κ3) is 3.58. The molecule has 1 fully saturated rings. The molecule has 1 heterocycles. The molecule has 19 heavy (non-hydrogen) atoms. The maximum absolute atomic E-state index is 12.1. The molecule has 7 nitrogen and oxygen atoms in total. The van der Waals surface area contributed by atoms with E-state index >= 15 is 0 Å². The van der Waals surface area contributed by atoms with E-state index in [2.05, 4.69) is 6.07 Å². The number of rotatable bonds is 4. The normalized spacial score (nSPS) is 23.5. The van der Waals surface area contributed by atoms with Crippen LogP contribution < -0.4 is 0 Å². The van der Waals surface area contributed by atoms with Crippen molar-refractivity contribution in [2.75, 3.05) is 33.9 Å². The molecule has 7 heteroatoms. The number of carbonyl (C=O) groups excluding carboxylic acids is 1. The van der Waals surface area contributed by atoms with E-state index in [4.69, 9.17) is 15.1 Å². The van der Waals surface area contributed by atoms with Crippen molar-refractivity contribution in [1.82, 2.24) is 9.80 Å². The molecule has 3 unspecified atom stereocenters. The van der Waals surface area contributed by atoms with Crippen molar-refractivity contribution in [3.05, 3.63) is 0 Å².